The number of carbonyl (C=O) groups excluding carboxylic acids is 3. The number of nitrogens with zero attached hydrogens (tertiary/aromatic N) is 1. The normalized spacial score (nSPS) is 26.2. The van der Waals surface area contributed by atoms with E-state index in [9.17, 15) is 34.8 Å². The second-order valence-corrected chi connectivity index (χ2v) is 10.6. The molecule has 4 atom stereocenters. The fourth-order valence-electron chi connectivity index (χ4n) is 6.36. The summed E-state index contributed by atoms with van der Waals surface area (Å²) in [5.41, 5.74) is 3.72. The van der Waals surface area contributed by atoms with Crippen molar-refractivity contribution < 1.29 is 39.5 Å². The topological polar surface area (TPSA) is 171 Å². The van der Waals surface area contributed by atoms with Gasteiger partial charge in [0.1, 0.15) is 28.6 Å². The first-order valence-corrected chi connectivity index (χ1v) is 12.7. The van der Waals surface area contributed by atoms with E-state index in [4.69, 9.17) is 10.5 Å². The minimum atomic E-state index is -2.66. The molecule has 10 nitrogen and oxygen atoms in total. The molecule has 3 aliphatic carbocycles. The largest absolute Gasteiger partial charge is 0.510 e. The van der Waals surface area contributed by atoms with E-state index >= 15 is 0 Å². The van der Waals surface area contributed by atoms with Crippen molar-refractivity contribution >= 4 is 29.6 Å². The van der Waals surface area contributed by atoms with Gasteiger partial charge in [-0.3, -0.25) is 19.3 Å². The van der Waals surface area contributed by atoms with Crippen molar-refractivity contribution in [2.45, 2.75) is 24.5 Å². The van der Waals surface area contributed by atoms with Gasteiger partial charge in [-0.25, -0.2) is 0 Å². The second-order valence-electron chi connectivity index (χ2n) is 10.6. The number of aliphatic hydroxyl groups is 3. The molecule has 6 N–H and O–H groups in total. The molecule has 40 heavy (non-hydrogen) atoms. The standard InChI is InChI=1S/C30H30N2O8/c1-32(2)24-19-13-16-12-18-15(8-7-14-5-4-6-17(11-14)40-3)9-10-20(33)22(18)25(34)21(16)27(36)30(19,39)28(37)23(26(24)35)29(31)38/h4-11,16,19,24,33,35-36,39H,12-13H2,1-3H3,(H2,31,38)/b8-7+/t16?,19?,24-,30-/m0/s1. The van der Waals surface area contributed by atoms with Crippen LogP contribution in [0.2, 0.25) is 0 Å². The van der Waals surface area contributed by atoms with Crippen molar-refractivity contribution in [2.24, 2.45) is 17.6 Å². The number of aromatic hydroxyl groups is 1. The second kappa shape index (κ2) is 9.65. The van der Waals surface area contributed by atoms with E-state index < -0.39 is 58.0 Å². The fourth-order valence-corrected chi connectivity index (χ4v) is 6.36. The number of nitrogens with two attached hydrogens (primary N) is 1. The first-order valence-electron chi connectivity index (χ1n) is 12.7. The molecule has 5 rings (SSSR count). The maximum absolute atomic E-state index is 13.8. The van der Waals surface area contributed by atoms with E-state index in [2.05, 4.69) is 0 Å². The van der Waals surface area contributed by atoms with Crippen LogP contribution in [0.1, 0.15) is 33.5 Å². The van der Waals surface area contributed by atoms with E-state index in [1.165, 1.54) is 11.0 Å². The maximum atomic E-state index is 13.8. The highest BCUT2D eigenvalue weighted by Gasteiger charge is 2.63. The third-order valence-corrected chi connectivity index (χ3v) is 8.19. The Morgan fingerprint density at radius 1 is 1.12 bits per heavy atom. The lowest BCUT2D eigenvalue weighted by Crippen LogP contribution is -2.63. The molecule has 1 amide bonds. The van der Waals surface area contributed by atoms with Gasteiger partial charge in [0.15, 0.2) is 11.4 Å². The van der Waals surface area contributed by atoms with E-state index in [-0.39, 0.29) is 29.7 Å². The molecular weight excluding hydrogens is 516 g/mol. The van der Waals surface area contributed by atoms with Crippen LogP contribution in [0.15, 0.2) is 59.1 Å². The molecule has 2 aromatic rings. The van der Waals surface area contributed by atoms with Crippen molar-refractivity contribution in [3.05, 3.63) is 81.3 Å². The summed E-state index contributed by atoms with van der Waals surface area (Å²) in [5.74, 6) is -6.07. The van der Waals surface area contributed by atoms with Gasteiger partial charge < -0.3 is 30.9 Å². The number of hydrogen-bond donors (Lipinski definition) is 5. The minimum absolute atomic E-state index is 0.0282. The SMILES string of the molecule is COc1cccc(/C=C/c2ccc(O)c3c2CC2CC4[C@H](N(C)C)C(O)=C(C(N)=O)C(=O)[C@@]4(O)C(O)=C2C3=O)c1. The summed E-state index contributed by atoms with van der Waals surface area (Å²) in [5, 5.41) is 44.6. The van der Waals surface area contributed by atoms with Crippen molar-refractivity contribution in [2.75, 3.05) is 21.2 Å². The number of phenolic OH excluding ortho intramolecular Hbond substituents is 1. The van der Waals surface area contributed by atoms with Gasteiger partial charge in [-0.05, 0) is 67.7 Å². The van der Waals surface area contributed by atoms with Crippen molar-refractivity contribution in [3.8, 4) is 11.5 Å². The lowest BCUT2D eigenvalue weighted by Gasteiger charge is -2.50. The Hall–Kier alpha value is -4.41. The lowest BCUT2D eigenvalue weighted by molar-refractivity contribution is -0.148. The van der Waals surface area contributed by atoms with E-state index in [1.54, 1.807) is 27.3 Å². The number of amides is 1. The number of Topliss-reactive ketones (excluding diaryl/α,β-unsaturated/α-hetero) is 2. The summed E-state index contributed by atoms with van der Waals surface area (Å²) in [6, 6.07) is 9.42. The van der Waals surface area contributed by atoms with Crippen molar-refractivity contribution in [1.82, 2.24) is 4.90 Å². The molecular formula is C30H30N2O8. The monoisotopic (exact) mass is 546 g/mol. The number of rotatable bonds is 5. The first kappa shape index (κ1) is 27.2. The van der Waals surface area contributed by atoms with Gasteiger partial charge in [-0.15, -0.1) is 0 Å². The van der Waals surface area contributed by atoms with Crippen LogP contribution in [0.5, 0.6) is 11.5 Å². The zero-order valence-corrected chi connectivity index (χ0v) is 22.2. The molecule has 0 saturated heterocycles. The van der Waals surface area contributed by atoms with Gasteiger partial charge in [0, 0.05) is 11.5 Å². The Kier molecular flexibility index (Phi) is 6.56. The third kappa shape index (κ3) is 3.90. The Morgan fingerprint density at radius 2 is 1.85 bits per heavy atom. The van der Waals surface area contributed by atoms with Crippen LogP contribution < -0.4 is 10.5 Å². The summed E-state index contributed by atoms with van der Waals surface area (Å²) in [6.45, 7) is 0. The number of methoxy groups -OCH3 is 1. The summed E-state index contributed by atoms with van der Waals surface area (Å²) < 4.78 is 5.27. The number of aliphatic hydroxyl groups excluding tert-OH is 2. The van der Waals surface area contributed by atoms with E-state index in [0.717, 1.165) is 5.56 Å². The predicted octanol–water partition coefficient (Wildman–Crippen LogP) is 2.30. The fraction of sp³-hybridized carbons (Fsp3) is 0.300. The maximum Gasteiger partial charge on any atom is 0.255 e. The Morgan fingerprint density at radius 3 is 2.50 bits per heavy atom. The molecule has 0 aromatic heterocycles. The van der Waals surface area contributed by atoms with Crippen molar-refractivity contribution in [1.29, 1.82) is 0 Å². The number of ether oxygens (including phenoxy) is 1. The highest BCUT2D eigenvalue weighted by atomic mass is 16.5. The molecule has 0 saturated carbocycles. The van der Waals surface area contributed by atoms with Crippen molar-refractivity contribution in [3.63, 3.8) is 0 Å². The predicted molar refractivity (Wildman–Crippen MR) is 146 cm³/mol. The number of allylic oxidation sites excluding steroid dienone is 1. The van der Waals surface area contributed by atoms with Crippen LogP contribution in [-0.4, -0.2) is 75.6 Å². The molecule has 2 aromatic carbocycles. The third-order valence-electron chi connectivity index (χ3n) is 8.19. The number of likely N-dealkylation sites (N-methyl/N-ethyl adjacent to an activating group) is 1. The molecule has 2 unspecified atom stereocenters. The van der Waals surface area contributed by atoms with Crippen LogP contribution in [0.25, 0.3) is 12.2 Å². The Bertz CT molecular complexity index is 1550. The number of fused-ring (bicyclic) bond motifs is 3. The number of phenols is 1. The molecule has 0 radical (unpaired) electrons. The summed E-state index contributed by atoms with van der Waals surface area (Å²) >= 11 is 0. The highest BCUT2D eigenvalue weighted by Crippen LogP contribution is 2.52. The number of carbonyl (C=O) groups is 3. The molecule has 0 bridgehead atoms. The van der Waals surface area contributed by atoms with E-state index in [1.807, 2.05) is 36.4 Å². The lowest BCUT2D eigenvalue weighted by atomic mass is 9.58. The molecule has 0 heterocycles. The van der Waals surface area contributed by atoms with Crippen LogP contribution in [0, 0.1) is 11.8 Å². The van der Waals surface area contributed by atoms with E-state index in [0.29, 0.717) is 16.9 Å². The molecule has 0 spiro atoms. The summed E-state index contributed by atoms with van der Waals surface area (Å²) in [6.07, 6.45) is 3.90. The smallest absolute Gasteiger partial charge is 0.255 e. The van der Waals surface area contributed by atoms with Crippen LogP contribution in [0.3, 0.4) is 0 Å². The summed E-state index contributed by atoms with van der Waals surface area (Å²) in [4.78, 5) is 40.8. The van der Waals surface area contributed by atoms with Crippen LogP contribution in [0.4, 0.5) is 0 Å². The Balaban J connectivity index is 1.64. The number of primary amides is 1. The molecule has 0 fully saturated rings. The van der Waals surface area contributed by atoms with Gasteiger partial charge in [-0.1, -0.05) is 30.4 Å². The molecule has 3 aliphatic rings. The number of benzene rings is 2. The first-order chi connectivity index (χ1) is 18.9. The molecule has 10 heteroatoms. The highest BCUT2D eigenvalue weighted by molar-refractivity contribution is 6.24. The van der Waals surface area contributed by atoms with Crippen LogP contribution >= 0.6 is 0 Å². The van der Waals surface area contributed by atoms with Gasteiger partial charge in [-0.2, -0.15) is 0 Å². The molecule has 208 valence electrons. The van der Waals surface area contributed by atoms with Gasteiger partial charge in [0.05, 0.1) is 18.7 Å². The van der Waals surface area contributed by atoms with Gasteiger partial charge in [0.25, 0.3) is 5.91 Å². The quantitative estimate of drug-likeness (QED) is 0.279. The van der Waals surface area contributed by atoms with Gasteiger partial charge in [0.2, 0.25) is 5.78 Å². The Labute approximate surface area is 230 Å². The summed E-state index contributed by atoms with van der Waals surface area (Å²) in [7, 11) is 4.75. The average Bonchev–Trinajstić information content (AvgIpc) is 2.90. The number of hydrogen-bond acceptors (Lipinski definition) is 9. The minimum Gasteiger partial charge on any atom is -0.510 e. The molecule has 0 aliphatic heterocycles. The zero-order chi connectivity index (χ0) is 29.1. The van der Waals surface area contributed by atoms with Crippen LogP contribution in [-0.2, 0) is 16.0 Å². The zero-order valence-electron chi connectivity index (χ0n) is 22.2. The average molecular weight is 547 g/mol. The number of ketones is 2. The van der Waals surface area contributed by atoms with Gasteiger partial charge >= 0.3 is 0 Å².